The van der Waals surface area contributed by atoms with Gasteiger partial charge in [-0.1, -0.05) is 38.1 Å². The van der Waals surface area contributed by atoms with E-state index < -0.39 is 0 Å². The summed E-state index contributed by atoms with van der Waals surface area (Å²) < 4.78 is 0. The molecule has 1 aromatic carbocycles. The number of thiol groups is 1. The average molecular weight is 258 g/mol. The molecule has 2 nitrogen and oxygen atoms in total. The second-order valence-electron chi connectivity index (χ2n) is 4.61. The van der Waals surface area contributed by atoms with E-state index >= 15 is 0 Å². The van der Waals surface area contributed by atoms with E-state index in [-0.39, 0.29) is 0 Å². The van der Waals surface area contributed by atoms with E-state index in [0.717, 1.165) is 29.3 Å². The molecular formula is C15H18N2S. The summed E-state index contributed by atoms with van der Waals surface area (Å²) in [4.78, 5) is 8.79. The Balaban J connectivity index is 2.27. The Morgan fingerprint density at radius 3 is 2.44 bits per heavy atom. The predicted octanol–water partition coefficient (Wildman–Crippen LogP) is 3.74. The zero-order valence-electron chi connectivity index (χ0n) is 10.8. The number of rotatable bonds is 4. The number of nitrogens with zero attached hydrogens (tertiary/aromatic N) is 2. The minimum Gasteiger partial charge on any atom is -0.241 e. The van der Waals surface area contributed by atoms with Crippen LogP contribution in [0.1, 0.15) is 31.2 Å². The molecule has 0 saturated heterocycles. The Morgan fingerprint density at radius 1 is 1.11 bits per heavy atom. The highest BCUT2D eigenvalue weighted by Gasteiger charge is 2.03. The smallest absolute Gasteiger partial charge is 0.129 e. The fourth-order valence-corrected chi connectivity index (χ4v) is 2.02. The lowest BCUT2D eigenvalue weighted by Gasteiger charge is -2.07. The minimum absolute atomic E-state index is 0.559. The first-order valence-corrected chi connectivity index (χ1v) is 6.87. The van der Waals surface area contributed by atoms with E-state index in [1.54, 1.807) is 0 Å². The van der Waals surface area contributed by atoms with Crippen molar-refractivity contribution in [2.75, 3.05) is 5.75 Å². The zero-order chi connectivity index (χ0) is 13.0. The van der Waals surface area contributed by atoms with Gasteiger partial charge in [-0.15, -0.1) is 0 Å². The summed E-state index contributed by atoms with van der Waals surface area (Å²) in [5.41, 5.74) is 3.47. The van der Waals surface area contributed by atoms with Crippen LogP contribution in [0.5, 0.6) is 0 Å². The Labute approximate surface area is 114 Å². The highest BCUT2D eigenvalue weighted by atomic mass is 32.1. The lowest BCUT2D eigenvalue weighted by atomic mass is 10.0. The molecule has 2 aromatic rings. The maximum absolute atomic E-state index is 4.55. The van der Waals surface area contributed by atoms with Gasteiger partial charge in [0.2, 0.25) is 0 Å². The number of benzene rings is 1. The van der Waals surface area contributed by atoms with E-state index in [1.165, 1.54) is 5.56 Å². The summed E-state index contributed by atoms with van der Waals surface area (Å²) >= 11 is 4.21. The van der Waals surface area contributed by atoms with Crippen molar-refractivity contribution in [2.24, 2.45) is 0 Å². The standard InChI is InChI=1S/C15H18N2S/c1-11(2)12-3-5-13(6-4-12)14-7-9-16-15(17-14)8-10-18/h3-7,9,11,18H,8,10H2,1-2H3. The van der Waals surface area contributed by atoms with Crippen molar-refractivity contribution in [3.8, 4) is 11.3 Å². The van der Waals surface area contributed by atoms with Crippen LogP contribution in [-0.4, -0.2) is 15.7 Å². The summed E-state index contributed by atoms with van der Waals surface area (Å²) in [6, 6.07) is 10.5. The summed E-state index contributed by atoms with van der Waals surface area (Å²) in [5.74, 6) is 2.19. The van der Waals surface area contributed by atoms with Gasteiger partial charge in [0.15, 0.2) is 0 Å². The molecule has 0 saturated carbocycles. The summed E-state index contributed by atoms with van der Waals surface area (Å²) in [6.45, 7) is 4.40. The molecule has 1 aromatic heterocycles. The Bertz CT molecular complexity index is 506. The predicted molar refractivity (Wildman–Crippen MR) is 79.1 cm³/mol. The van der Waals surface area contributed by atoms with Crippen molar-refractivity contribution in [3.63, 3.8) is 0 Å². The molecule has 0 aliphatic heterocycles. The van der Waals surface area contributed by atoms with Crippen LogP contribution < -0.4 is 0 Å². The fourth-order valence-electron chi connectivity index (χ4n) is 1.82. The van der Waals surface area contributed by atoms with Gasteiger partial charge in [0.1, 0.15) is 5.82 Å². The molecule has 0 spiro atoms. The number of hydrogen-bond donors (Lipinski definition) is 1. The molecule has 94 valence electrons. The van der Waals surface area contributed by atoms with Crippen molar-refractivity contribution in [2.45, 2.75) is 26.2 Å². The fraction of sp³-hybridized carbons (Fsp3) is 0.333. The van der Waals surface area contributed by atoms with Crippen LogP contribution in [0.3, 0.4) is 0 Å². The van der Waals surface area contributed by atoms with Crippen LogP contribution in [0.2, 0.25) is 0 Å². The topological polar surface area (TPSA) is 25.8 Å². The van der Waals surface area contributed by atoms with E-state index in [1.807, 2.05) is 12.3 Å². The number of aromatic nitrogens is 2. The summed E-state index contributed by atoms with van der Waals surface area (Å²) in [5, 5.41) is 0. The molecule has 0 aliphatic rings. The first kappa shape index (κ1) is 13.1. The summed E-state index contributed by atoms with van der Waals surface area (Å²) in [6.07, 6.45) is 2.62. The zero-order valence-corrected chi connectivity index (χ0v) is 11.7. The van der Waals surface area contributed by atoms with Crippen LogP contribution in [0.15, 0.2) is 36.5 Å². The maximum Gasteiger partial charge on any atom is 0.129 e. The van der Waals surface area contributed by atoms with Gasteiger partial charge in [-0.2, -0.15) is 12.6 Å². The van der Waals surface area contributed by atoms with E-state index in [4.69, 9.17) is 0 Å². The van der Waals surface area contributed by atoms with Crippen molar-refractivity contribution in [1.29, 1.82) is 0 Å². The first-order chi connectivity index (χ1) is 8.70. The van der Waals surface area contributed by atoms with Gasteiger partial charge in [0.05, 0.1) is 5.69 Å². The second kappa shape index (κ2) is 6.01. The van der Waals surface area contributed by atoms with Gasteiger partial charge in [-0.05, 0) is 23.3 Å². The van der Waals surface area contributed by atoms with Crippen LogP contribution in [0.25, 0.3) is 11.3 Å². The molecule has 3 heteroatoms. The number of hydrogen-bond acceptors (Lipinski definition) is 3. The largest absolute Gasteiger partial charge is 0.241 e. The van der Waals surface area contributed by atoms with E-state index in [2.05, 4.69) is 60.7 Å². The van der Waals surface area contributed by atoms with Crippen molar-refractivity contribution < 1.29 is 0 Å². The Hall–Kier alpha value is -1.35. The monoisotopic (exact) mass is 258 g/mol. The SMILES string of the molecule is CC(C)c1ccc(-c2ccnc(CCS)n2)cc1. The van der Waals surface area contributed by atoms with Crippen LogP contribution in [0.4, 0.5) is 0 Å². The van der Waals surface area contributed by atoms with E-state index in [9.17, 15) is 0 Å². The first-order valence-electron chi connectivity index (χ1n) is 6.24. The van der Waals surface area contributed by atoms with Gasteiger partial charge in [-0.25, -0.2) is 9.97 Å². The highest BCUT2D eigenvalue weighted by molar-refractivity contribution is 7.80. The molecule has 0 amide bonds. The third-order valence-corrected chi connectivity index (χ3v) is 3.14. The van der Waals surface area contributed by atoms with Crippen LogP contribution >= 0.6 is 12.6 Å². The van der Waals surface area contributed by atoms with Gasteiger partial charge >= 0.3 is 0 Å². The third kappa shape index (κ3) is 3.10. The minimum atomic E-state index is 0.559. The molecular weight excluding hydrogens is 240 g/mol. The molecule has 1 heterocycles. The quantitative estimate of drug-likeness (QED) is 0.845. The molecule has 18 heavy (non-hydrogen) atoms. The Kier molecular flexibility index (Phi) is 4.37. The maximum atomic E-state index is 4.55. The molecule has 0 unspecified atom stereocenters. The highest BCUT2D eigenvalue weighted by Crippen LogP contribution is 2.21. The average Bonchev–Trinajstić information content (AvgIpc) is 2.39. The van der Waals surface area contributed by atoms with Gasteiger partial charge < -0.3 is 0 Å². The molecule has 0 aliphatic carbocycles. The van der Waals surface area contributed by atoms with E-state index in [0.29, 0.717) is 5.92 Å². The molecule has 0 N–H and O–H groups in total. The molecule has 0 radical (unpaired) electrons. The van der Waals surface area contributed by atoms with Crippen LogP contribution in [-0.2, 0) is 6.42 Å². The van der Waals surface area contributed by atoms with Gasteiger partial charge in [0, 0.05) is 18.2 Å². The van der Waals surface area contributed by atoms with Gasteiger partial charge in [0.25, 0.3) is 0 Å². The molecule has 2 rings (SSSR count). The van der Waals surface area contributed by atoms with Crippen molar-refractivity contribution >= 4 is 12.6 Å². The normalized spacial score (nSPS) is 10.9. The lowest BCUT2D eigenvalue weighted by molar-refractivity contribution is 0.867. The van der Waals surface area contributed by atoms with Crippen LogP contribution in [0, 0.1) is 0 Å². The number of aryl methyl sites for hydroxylation is 1. The molecule has 0 fully saturated rings. The Morgan fingerprint density at radius 2 is 1.83 bits per heavy atom. The lowest BCUT2D eigenvalue weighted by Crippen LogP contribution is -1.97. The summed E-state index contributed by atoms with van der Waals surface area (Å²) in [7, 11) is 0. The second-order valence-corrected chi connectivity index (χ2v) is 5.06. The molecule has 0 atom stereocenters. The van der Waals surface area contributed by atoms with Crippen molar-refractivity contribution in [1.82, 2.24) is 9.97 Å². The third-order valence-electron chi connectivity index (χ3n) is 2.91. The molecule has 0 bridgehead atoms. The van der Waals surface area contributed by atoms with Crippen molar-refractivity contribution in [3.05, 3.63) is 47.9 Å². The van der Waals surface area contributed by atoms with Gasteiger partial charge in [-0.3, -0.25) is 0 Å².